The lowest BCUT2D eigenvalue weighted by Gasteiger charge is -2.17. The quantitative estimate of drug-likeness (QED) is 0.931. The van der Waals surface area contributed by atoms with Crippen LogP contribution < -0.4 is 15.0 Å². The molecule has 0 saturated carbocycles. The van der Waals surface area contributed by atoms with Crippen LogP contribution in [0.5, 0.6) is 5.75 Å². The van der Waals surface area contributed by atoms with Gasteiger partial charge in [0.25, 0.3) is 5.91 Å². The summed E-state index contributed by atoms with van der Waals surface area (Å²) < 4.78 is 5.56. The van der Waals surface area contributed by atoms with Gasteiger partial charge in [-0.05, 0) is 29.8 Å². The molecule has 0 atom stereocenters. The van der Waals surface area contributed by atoms with Gasteiger partial charge in [-0.1, -0.05) is 29.8 Å². The molecule has 3 rings (SSSR count). The van der Waals surface area contributed by atoms with Gasteiger partial charge in [0.15, 0.2) is 0 Å². The van der Waals surface area contributed by atoms with Crippen LogP contribution in [0.1, 0.15) is 22.3 Å². The van der Waals surface area contributed by atoms with Crippen molar-refractivity contribution in [1.29, 1.82) is 0 Å². The highest BCUT2D eigenvalue weighted by Gasteiger charge is 2.21. The summed E-state index contributed by atoms with van der Waals surface area (Å²) in [6.07, 6.45) is 0.319. The first-order chi connectivity index (χ1) is 11.6. The molecule has 124 valence electrons. The van der Waals surface area contributed by atoms with E-state index >= 15 is 0 Å². The number of nitrogens with zero attached hydrogens (tertiary/aromatic N) is 1. The summed E-state index contributed by atoms with van der Waals surface area (Å²) in [6.45, 7) is 0.676. The van der Waals surface area contributed by atoms with Crippen molar-refractivity contribution in [1.82, 2.24) is 5.32 Å². The number of rotatable bonds is 3. The Labute approximate surface area is 145 Å². The Balaban J connectivity index is 1.77. The summed E-state index contributed by atoms with van der Waals surface area (Å²) >= 11 is 6.09. The number of nitrogens with one attached hydrogen (secondary N) is 1. The van der Waals surface area contributed by atoms with Crippen LogP contribution in [0.15, 0.2) is 42.5 Å². The summed E-state index contributed by atoms with van der Waals surface area (Å²) in [5.74, 6) is 0.330. The van der Waals surface area contributed by atoms with Crippen LogP contribution in [0.25, 0.3) is 0 Å². The molecule has 2 aromatic carbocycles. The van der Waals surface area contributed by atoms with Crippen molar-refractivity contribution in [3.8, 4) is 5.75 Å². The van der Waals surface area contributed by atoms with E-state index in [2.05, 4.69) is 5.32 Å². The topological polar surface area (TPSA) is 58.6 Å². The second kappa shape index (κ2) is 6.93. The van der Waals surface area contributed by atoms with E-state index in [-0.39, 0.29) is 11.8 Å². The fourth-order valence-corrected chi connectivity index (χ4v) is 2.72. The van der Waals surface area contributed by atoms with Gasteiger partial charge < -0.3 is 15.0 Å². The molecule has 6 heteroatoms. The van der Waals surface area contributed by atoms with E-state index in [1.165, 1.54) is 4.90 Å². The predicted octanol–water partition coefficient (Wildman–Crippen LogP) is 3.02. The number of amides is 2. The minimum absolute atomic E-state index is 0.0395. The maximum Gasteiger partial charge on any atom is 0.251 e. The summed E-state index contributed by atoms with van der Waals surface area (Å²) in [5, 5.41) is 3.45. The zero-order chi connectivity index (χ0) is 17.1. The van der Waals surface area contributed by atoms with Gasteiger partial charge >= 0.3 is 0 Å². The van der Waals surface area contributed by atoms with Crippen LogP contribution >= 0.6 is 11.6 Å². The minimum atomic E-state index is -0.234. The van der Waals surface area contributed by atoms with Crippen molar-refractivity contribution in [3.05, 3.63) is 58.6 Å². The molecule has 1 N–H and O–H groups in total. The van der Waals surface area contributed by atoms with Gasteiger partial charge in [-0.25, -0.2) is 0 Å². The highest BCUT2D eigenvalue weighted by molar-refractivity contribution is 6.31. The van der Waals surface area contributed by atoms with Gasteiger partial charge in [-0.15, -0.1) is 0 Å². The Morgan fingerprint density at radius 1 is 1.29 bits per heavy atom. The number of ether oxygens (including phenoxy) is 1. The molecule has 2 aromatic rings. The van der Waals surface area contributed by atoms with Crippen LogP contribution in [0, 0.1) is 0 Å². The SMILES string of the molecule is CN1C(=O)CCOc2ccc(C(=O)NCc3ccccc3Cl)cc21. The molecule has 0 spiro atoms. The van der Waals surface area contributed by atoms with Crippen molar-refractivity contribution >= 4 is 29.1 Å². The molecule has 2 amide bonds. The van der Waals surface area contributed by atoms with Gasteiger partial charge in [-0.3, -0.25) is 9.59 Å². The van der Waals surface area contributed by atoms with Gasteiger partial charge in [0.2, 0.25) is 5.91 Å². The molecule has 1 aliphatic heterocycles. The Morgan fingerprint density at radius 3 is 2.88 bits per heavy atom. The summed E-state index contributed by atoms with van der Waals surface area (Å²) in [6, 6.07) is 12.4. The van der Waals surface area contributed by atoms with Crippen molar-refractivity contribution in [2.24, 2.45) is 0 Å². The second-order valence-electron chi connectivity index (χ2n) is 5.51. The maximum atomic E-state index is 12.4. The number of hydrogen-bond acceptors (Lipinski definition) is 3. The monoisotopic (exact) mass is 344 g/mol. The lowest BCUT2D eigenvalue weighted by atomic mass is 10.1. The van der Waals surface area contributed by atoms with E-state index in [0.717, 1.165) is 5.56 Å². The van der Waals surface area contributed by atoms with Gasteiger partial charge in [0, 0.05) is 24.2 Å². The van der Waals surface area contributed by atoms with Crippen LogP contribution in [0.3, 0.4) is 0 Å². The number of anilines is 1. The van der Waals surface area contributed by atoms with E-state index in [1.54, 1.807) is 31.3 Å². The molecule has 0 fully saturated rings. The molecular weight excluding hydrogens is 328 g/mol. The normalized spacial score (nSPS) is 13.8. The smallest absolute Gasteiger partial charge is 0.251 e. The zero-order valence-electron chi connectivity index (χ0n) is 13.2. The van der Waals surface area contributed by atoms with Gasteiger partial charge in [-0.2, -0.15) is 0 Å². The van der Waals surface area contributed by atoms with Crippen molar-refractivity contribution in [3.63, 3.8) is 0 Å². The highest BCUT2D eigenvalue weighted by atomic mass is 35.5. The summed E-state index contributed by atoms with van der Waals surface area (Å²) in [4.78, 5) is 25.8. The Hall–Kier alpha value is -2.53. The maximum absolute atomic E-state index is 12.4. The number of carbonyl (C=O) groups excluding carboxylic acids is 2. The van der Waals surface area contributed by atoms with E-state index < -0.39 is 0 Å². The Bertz CT molecular complexity index is 792. The van der Waals surface area contributed by atoms with Crippen LogP contribution in [0.2, 0.25) is 5.02 Å². The van der Waals surface area contributed by atoms with E-state index in [0.29, 0.717) is 41.6 Å². The third kappa shape index (κ3) is 3.36. The lowest BCUT2D eigenvalue weighted by Crippen LogP contribution is -2.26. The molecule has 0 unspecified atom stereocenters. The number of benzene rings is 2. The first-order valence-electron chi connectivity index (χ1n) is 7.61. The lowest BCUT2D eigenvalue weighted by molar-refractivity contribution is -0.118. The standard InChI is InChI=1S/C18H17ClN2O3/c1-21-15-10-12(6-7-16(15)24-9-8-17(21)22)18(23)20-11-13-4-2-3-5-14(13)19/h2-7,10H,8-9,11H2,1H3,(H,20,23). The summed E-state index contributed by atoms with van der Waals surface area (Å²) in [5.41, 5.74) is 1.91. The van der Waals surface area contributed by atoms with Crippen LogP contribution in [0.4, 0.5) is 5.69 Å². The number of fused-ring (bicyclic) bond motifs is 1. The predicted molar refractivity (Wildman–Crippen MR) is 92.6 cm³/mol. The molecule has 0 saturated heterocycles. The third-order valence-corrected chi connectivity index (χ3v) is 4.30. The molecule has 0 aliphatic carbocycles. The van der Waals surface area contributed by atoms with Crippen LogP contribution in [-0.2, 0) is 11.3 Å². The largest absolute Gasteiger partial charge is 0.491 e. The fourth-order valence-electron chi connectivity index (χ4n) is 2.51. The Kier molecular flexibility index (Phi) is 4.71. The van der Waals surface area contributed by atoms with E-state index in [1.807, 2.05) is 18.2 Å². The van der Waals surface area contributed by atoms with Crippen molar-refractivity contribution in [2.75, 3.05) is 18.6 Å². The van der Waals surface area contributed by atoms with Gasteiger partial charge in [0.1, 0.15) is 5.75 Å². The van der Waals surface area contributed by atoms with E-state index in [4.69, 9.17) is 16.3 Å². The fraction of sp³-hybridized carbons (Fsp3) is 0.222. The van der Waals surface area contributed by atoms with Gasteiger partial charge in [0.05, 0.1) is 18.7 Å². The average molecular weight is 345 g/mol. The molecule has 0 aromatic heterocycles. The molecule has 24 heavy (non-hydrogen) atoms. The number of carbonyl (C=O) groups is 2. The molecule has 1 heterocycles. The second-order valence-corrected chi connectivity index (χ2v) is 5.92. The van der Waals surface area contributed by atoms with E-state index in [9.17, 15) is 9.59 Å². The molecule has 0 radical (unpaired) electrons. The first kappa shape index (κ1) is 16.3. The van der Waals surface area contributed by atoms with Crippen molar-refractivity contribution < 1.29 is 14.3 Å². The van der Waals surface area contributed by atoms with Crippen LogP contribution in [-0.4, -0.2) is 25.5 Å². The average Bonchev–Trinajstić information content (AvgIpc) is 2.73. The Morgan fingerprint density at radius 2 is 2.08 bits per heavy atom. The summed E-state index contributed by atoms with van der Waals surface area (Å²) in [7, 11) is 1.68. The molecule has 0 bridgehead atoms. The third-order valence-electron chi connectivity index (χ3n) is 3.93. The minimum Gasteiger partial charge on any atom is -0.491 e. The zero-order valence-corrected chi connectivity index (χ0v) is 14.0. The first-order valence-corrected chi connectivity index (χ1v) is 7.99. The highest BCUT2D eigenvalue weighted by Crippen LogP contribution is 2.31. The number of halogens is 1. The molecule has 5 nitrogen and oxygen atoms in total. The number of hydrogen-bond donors (Lipinski definition) is 1. The van der Waals surface area contributed by atoms with Crippen molar-refractivity contribution in [2.45, 2.75) is 13.0 Å². The molecular formula is C18H17ClN2O3. The molecule has 1 aliphatic rings.